The highest BCUT2D eigenvalue weighted by Crippen LogP contribution is 2.15. The van der Waals surface area contributed by atoms with Crippen LogP contribution in [0.5, 0.6) is 0 Å². The van der Waals surface area contributed by atoms with Crippen molar-refractivity contribution in [2.75, 3.05) is 12.4 Å². The lowest BCUT2D eigenvalue weighted by Gasteiger charge is -2.08. The number of carbonyl (C=O) groups excluding carboxylic acids is 1. The Morgan fingerprint density at radius 3 is 2.75 bits per heavy atom. The molecule has 0 unspecified atom stereocenters. The Morgan fingerprint density at radius 1 is 1.14 bits per heavy atom. The van der Waals surface area contributed by atoms with Gasteiger partial charge < -0.3 is 10.6 Å². The predicted molar refractivity (Wildman–Crippen MR) is 107 cm³/mol. The average Bonchev–Trinajstić information content (AvgIpc) is 3.17. The van der Waals surface area contributed by atoms with Gasteiger partial charge in [0.2, 0.25) is 5.95 Å². The van der Waals surface area contributed by atoms with E-state index in [1.54, 1.807) is 23.9 Å². The monoisotopic (exact) mass is 374 g/mol. The SMILES string of the molecule is CNC(=O)c1cccc(CNc2nc3c(cnn3-c3ccccc3)c(=O)[nH]2)c1. The van der Waals surface area contributed by atoms with E-state index in [1.807, 2.05) is 42.5 Å². The number of nitrogens with zero attached hydrogens (tertiary/aromatic N) is 3. The molecule has 2 aromatic heterocycles. The molecule has 0 saturated carbocycles. The number of aromatic nitrogens is 4. The van der Waals surface area contributed by atoms with Crippen molar-refractivity contribution >= 4 is 22.9 Å². The summed E-state index contributed by atoms with van der Waals surface area (Å²) in [5.41, 5.74) is 2.48. The number of anilines is 1. The molecule has 3 N–H and O–H groups in total. The van der Waals surface area contributed by atoms with Crippen LogP contribution in [0.3, 0.4) is 0 Å². The Labute approximate surface area is 160 Å². The minimum Gasteiger partial charge on any atom is -0.355 e. The number of rotatable bonds is 5. The van der Waals surface area contributed by atoms with Crippen molar-refractivity contribution in [2.45, 2.75) is 6.54 Å². The van der Waals surface area contributed by atoms with Gasteiger partial charge in [-0.25, -0.2) is 4.68 Å². The van der Waals surface area contributed by atoms with Crippen LogP contribution in [0, 0.1) is 0 Å². The average molecular weight is 374 g/mol. The Morgan fingerprint density at radius 2 is 1.96 bits per heavy atom. The topological polar surface area (TPSA) is 105 Å². The van der Waals surface area contributed by atoms with Crippen LogP contribution in [0.15, 0.2) is 65.6 Å². The molecule has 0 aliphatic carbocycles. The van der Waals surface area contributed by atoms with E-state index in [9.17, 15) is 9.59 Å². The summed E-state index contributed by atoms with van der Waals surface area (Å²) in [6.45, 7) is 0.402. The van der Waals surface area contributed by atoms with Gasteiger partial charge in [0.25, 0.3) is 11.5 Å². The highest BCUT2D eigenvalue weighted by atomic mass is 16.1. The van der Waals surface area contributed by atoms with Crippen molar-refractivity contribution in [1.29, 1.82) is 0 Å². The van der Waals surface area contributed by atoms with Crippen molar-refractivity contribution in [1.82, 2.24) is 25.1 Å². The summed E-state index contributed by atoms with van der Waals surface area (Å²) in [6.07, 6.45) is 1.50. The van der Waals surface area contributed by atoms with Gasteiger partial charge >= 0.3 is 0 Å². The van der Waals surface area contributed by atoms with Crippen LogP contribution >= 0.6 is 0 Å². The van der Waals surface area contributed by atoms with Crippen LogP contribution in [-0.2, 0) is 6.54 Å². The standard InChI is InChI=1S/C20H18N6O2/c1-21-18(27)14-7-5-6-13(10-14)11-22-20-24-17-16(19(28)25-20)12-23-26(17)15-8-3-2-4-9-15/h2-10,12H,11H2,1H3,(H,21,27)(H2,22,24,25,28). The second-order valence-electron chi connectivity index (χ2n) is 6.18. The molecule has 4 rings (SSSR count). The van der Waals surface area contributed by atoms with Crippen LogP contribution < -0.4 is 16.2 Å². The highest BCUT2D eigenvalue weighted by molar-refractivity contribution is 5.94. The van der Waals surface area contributed by atoms with E-state index in [4.69, 9.17) is 0 Å². The van der Waals surface area contributed by atoms with E-state index < -0.39 is 0 Å². The molecule has 8 nitrogen and oxygen atoms in total. The number of nitrogens with one attached hydrogen (secondary N) is 3. The molecule has 0 spiro atoms. The first-order chi connectivity index (χ1) is 13.7. The number of hydrogen-bond acceptors (Lipinski definition) is 5. The normalized spacial score (nSPS) is 10.8. The molecular weight excluding hydrogens is 356 g/mol. The molecule has 0 radical (unpaired) electrons. The lowest BCUT2D eigenvalue weighted by atomic mass is 10.1. The van der Waals surface area contributed by atoms with Crippen LogP contribution in [0.1, 0.15) is 15.9 Å². The summed E-state index contributed by atoms with van der Waals surface area (Å²) in [5.74, 6) is 0.182. The first-order valence-electron chi connectivity index (χ1n) is 8.74. The maximum Gasteiger partial charge on any atom is 0.263 e. The van der Waals surface area contributed by atoms with Gasteiger partial charge in [-0.05, 0) is 29.8 Å². The van der Waals surface area contributed by atoms with Gasteiger partial charge in [-0.1, -0.05) is 30.3 Å². The molecule has 4 aromatic rings. The smallest absolute Gasteiger partial charge is 0.263 e. The van der Waals surface area contributed by atoms with Gasteiger partial charge in [0.15, 0.2) is 5.65 Å². The van der Waals surface area contributed by atoms with Gasteiger partial charge in [0.05, 0.1) is 11.9 Å². The molecule has 28 heavy (non-hydrogen) atoms. The third-order valence-corrected chi connectivity index (χ3v) is 4.32. The second-order valence-corrected chi connectivity index (χ2v) is 6.18. The van der Waals surface area contributed by atoms with Crippen LogP contribution in [0.2, 0.25) is 0 Å². The molecular formula is C20H18N6O2. The molecule has 0 aliphatic heterocycles. The number of carbonyl (C=O) groups is 1. The summed E-state index contributed by atoms with van der Waals surface area (Å²) in [4.78, 5) is 31.4. The van der Waals surface area contributed by atoms with Gasteiger partial charge in [0, 0.05) is 19.2 Å². The zero-order valence-electron chi connectivity index (χ0n) is 15.1. The minimum absolute atomic E-state index is 0.151. The molecule has 0 bridgehead atoms. The van der Waals surface area contributed by atoms with E-state index in [-0.39, 0.29) is 11.5 Å². The lowest BCUT2D eigenvalue weighted by Crippen LogP contribution is -2.18. The number of hydrogen-bond donors (Lipinski definition) is 3. The van der Waals surface area contributed by atoms with Crippen molar-refractivity contribution in [3.63, 3.8) is 0 Å². The van der Waals surface area contributed by atoms with Crippen LogP contribution in [0.4, 0.5) is 5.95 Å². The lowest BCUT2D eigenvalue weighted by molar-refractivity contribution is 0.0963. The Hall–Kier alpha value is -3.94. The minimum atomic E-state index is -0.270. The molecule has 2 heterocycles. The third-order valence-electron chi connectivity index (χ3n) is 4.32. The fraction of sp³-hybridized carbons (Fsp3) is 0.100. The van der Waals surface area contributed by atoms with Gasteiger partial charge in [-0.15, -0.1) is 0 Å². The van der Waals surface area contributed by atoms with Crippen molar-refractivity contribution in [3.05, 3.63) is 82.3 Å². The highest BCUT2D eigenvalue weighted by Gasteiger charge is 2.11. The second kappa shape index (κ2) is 7.36. The molecule has 2 aromatic carbocycles. The summed E-state index contributed by atoms with van der Waals surface area (Å²) >= 11 is 0. The number of H-pyrrole nitrogens is 1. The largest absolute Gasteiger partial charge is 0.355 e. The van der Waals surface area contributed by atoms with Crippen molar-refractivity contribution in [2.24, 2.45) is 0 Å². The Bertz CT molecular complexity index is 1200. The number of amides is 1. The molecule has 1 amide bonds. The summed E-state index contributed by atoms with van der Waals surface area (Å²) in [5, 5.41) is 10.4. The summed E-state index contributed by atoms with van der Waals surface area (Å²) in [7, 11) is 1.59. The Kier molecular flexibility index (Phi) is 4.59. The van der Waals surface area contributed by atoms with Crippen LogP contribution in [0.25, 0.3) is 16.7 Å². The van der Waals surface area contributed by atoms with Crippen molar-refractivity contribution < 1.29 is 4.79 Å². The summed E-state index contributed by atoms with van der Waals surface area (Å²) < 4.78 is 1.63. The predicted octanol–water partition coefficient (Wildman–Crippen LogP) is 2.08. The molecule has 140 valence electrons. The quantitative estimate of drug-likeness (QED) is 0.496. The molecule has 0 saturated heterocycles. The van der Waals surface area contributed by atoms with Gasteiger partial charge in [0.1, 0.15) is 5.39 Å². The zero-order chi connectivity index (χ0) is 19.5. The first kappa shape index (κ1) is 17.5. The maximum atomic E-state index is 12.4. The van der Waals surface area contributed by atoms with Gasteiger partial charge in [-0.3, -0.25) is 14.6 Å². The van der Waals surface area contributed by atoms with Gasteiger partial charge in [-0.2, -0.15) is 10.1 Å². The van der Waals surface area contributed by atoms with E-state index in [1.165, 1.54) is 6.20 Å². The van der Waals surface area contributed by atoms with E-state index >= 15 is 0 Å². The molecule has 0 aliphatic rings. The number of benzene rings is 2. The van der Waals surface area contributed by atoms with Crippen LogP contribution in [-0.4, -0.2) is 32.7 Å². The molecule has 8 heteroatoms. The van der Waals surface area contributed by atoms with E-state index in [0.717, 1.165) is 11.3 Å². The van der Waals surface area contributed by atoms with E-state index in [2.05, 4.69) is 25.7 Å². The molecule has 0 fully saturated rings. The third kappa shape index (κ3) is 3.35. The fourth-order valence-electron chi connectivity index (χ4n) is 2.91. The summed E-state index contributed by atoms with van der Waals surface area (Å²) in [6, 6.07) is 16.7. The number of fused-ring (bicyclic) bond motifs is 1. The first-order valence-corrected chi connectivity index (χ1v) is 8.74. The van der Waals surface area contributed by atoms with E-state index in [0.29, 0.717) is 29.1 Å². The number of aromatic amines is 1. The van der Waals surface area contributed by atoms with Crippen molar-refractivity contribution in [3.8, 4) is 5.69 Å². The fourth-order valence-corrected chi connectivity index (χ4v) is 2.91. The Balaban J connectivity index is 1.63. The number of para-hydroxylation sites is 1. The maximum absolute atomic E-state index is 12.4. The molecule has 0 atom stereocenters. The zero-order valence-corrected chi connectivity index (χ0v) is 15.1.